The molecule has 0 spiro atoms. The molecule has 1 heterocycles. The fraction of sp³-hybridized carbons (Fsp3) is 0.579. The molecule has 8 heteroatoms. The third-order valence-electron chi connectivity index (χ3n) is 4.83. The van der Waals surface area contributed by atoms with Gasteiger partial charge in [-0.2, -0.15) is 13.2 Å². The zero-order valence-electron chi connectivity index (χ0n) is 16.0. The molecule has 5 nitrogen and oxygen atoms in total. The van der Waals surface area contributed by atoms with Crippen molar-refractivity contribution in [3.05, 3.63) is 35.4 Å². The van der Waals surface area contributed by atoms with E-state index in [9.17, 15) is 22.8 Å². The Hall–Kier alpha value is -2.25. The maximum Gasteiger partial charge on any atom is 0.416 e. The van der Waals surface area contributed by atoms with Gasteiger partial charge >= 0.3 is 12.2 Å². The standard InChI is InChI=1S/C19H26F3N3O2/c1-5-24(4)17(26)16-11-25(18(27)23-12(2)3)10-15(16)13-7-6-8-14(9-13)19(20,21)22/h6-9,12,15-16H,5,10-11H2,1-4H3,(H,23,27). The second kappa shape index (κ2) is 8.19. The van der Waals surface area contributed by atoms with E-state index in [4.69, 9.17) is 0 Å². The quantitative estimate of drug-likeness (QED) is 0.865. The number of likely N-dealkylation sites (tertiary alicyclic amines) is 1. The number of rotatable bonds is 4. The molecule has 2 unspecified atom stereocenters. The van der Waals surface area contributed by atoms with Crippen LogP contribution in [0.5, 0.6) is 0 Å². The number of carbonyl (C=O) groups excluding carboxylic acids is 2. The molecule has 150 valence electrons. The highest BCUT2D eigenvalue weighted by Gasteiger charge is 2.42. The molecule has 2 rings (SSSR count). The van der Waals surface area contributed by atoms with Crippen molar-refractivity contribution in [2.75, 3.05) is 26.7 Å². The number of hydrogen-bond acceptors (Lipinski definition) is 2. The molecule has 1 aromatic rings. The Balaban J connectivity index is 2.35. The molecule has 0 radical (unpaired) electrons. The zero-order valence-corrected chi connectivity index (χ0v) is 16.0. The van der Waals surface area contributed by atoms with Crippen molar-refractivity contribution in [3.63, 3.8) is 0 Å². The summed E-state index contributed by atoms with van der Waals surface area (Å²) in [5, 5.41) is 2.78. The largest absolute Gasteiger partial charge is 0.416 e. The fourth-order valence-electron chi connectivity index (χ4n) is 3.28. The summed E-state index contributed by atoms with van der Waals surface area (Å²) >= 11 is 0. The number of halogens is 3. The topological polar surface area (TPSA) is 52.7 Å². The molecule has 1 saturated heterocycles. The van der Waals surface area contributed by atoms with Crippen LogP contribution in [0.2, 0.25) is 0 Å². The van der Waals surface area contributed by atoms with Gasteiger partial charge in [0.15, 0.2) is 0 Å². The molecule has 1 aliphatic rings. The van der Waals surface area contributed by atoms with Crippen molar-refractivity contribution in [2.45, 2.75) is 38.9 Å². The van der Waals surface area contributed by atoms with Crippen LogP contribution in [-0.4, -0.2) is 54.5 Å². The van der Waals surface area contributed by atoms with E-state index in [0.29, 0.717) is 12.1 Å². The van der Waals surface area contributed by atoms with Gasteiger partial charge in [-0.05, 0) is 32.4 Å². The maximum atomic E-state index is 13.1. The molecule has 0 bridgehead atoms. The molecular formula is C19H26F3N3O2. The second-order valence-electron chi connectivity index (χ2n) is 7.20. The van der Waals surface area contributed by atoms with Crippen LogP contribution in [0, 0.1) is 5.92 Å². The van der Waals surface area contributed by atoms with Gasteiger partial charge in [0.1, 0.15) is 0 Å². The van der Waals surface area contributed by atoms with Crippen molar-refractivity contribution in [1.29, 1.82) is 0 Å². The van der Waals surface area contributed by atoms with Gasteiger partial charge < -0.3 is 15.1 Å². The molecule has 1 aromatic carbocycles. The average molecular weight is 385 g/mol. The van der Waals surface area contributed by atoms with E-state index in [0.717, 1.165) is 12.1 Å². The summed E-state index contributed by atoms with van der Waals surface area (Å²) < 4.78 is 39.3. The highest BCUT2D eigenvalue weighted by atomic mass is 19.4. The van der Waals surface area contributed by atoms with Crippen molar-refractivity contribution in [1.82, 2.24) is 15.1 Å². The lowest BCUT2D eigenvalue weighted by molar-refractivity contribution is -0.137. The van der Waals surface area contributed by atoms with Gasteiger partial charge in [-0.3, -0.25) is 4.79 Å². The Bertz CT molecular complexity index is 691. The fourth-order valence-corrected chi connectivity index (χ4v) is 3.28. The van der Waals surface area contributed by atoms with Gasteiger partial charge in [-0.1, -0.05) is 18.2 Å². The molecule has 1 N–H and O–H groups in total. The van der Waals surface area contributed by atoms with Gasteiger partial charge in [-0.25, -0.2) is 4.79 Å². The third-order valence-corrected chi connectivity index (χ3v) is 4.83. The summed E-state index contributed by atoms with van der Waals surface area (Å²) in [6.07, 6.45) is -4.46. The summed E-state index contributed by atoms with van der Waals surface area (Å²) in [5.74, 6) is -1.22. The number of benzene rings is 1. The lowest BCUT2D eigenvalue weighted by Gasteiger charge is -2.24. The minimum Gasteiger partial charge on any atom is -0.346 e. The Morgan fingerprint density at radius 3 is 2.52 bits per heavy atom. The number of urea groups is 1. The van der Waals surface area contributed by atoms with Crippen LogP contribution >= 0.6 is 0 Å². The summed E-state index contributed by atoms with van der Waals surface area (Å²) in [5.41, 5.74) is -0.326. The number of carbonyl (C=O) groups is 2. The molecule has 2 atom stereocenters. The first kappa shape index (κ1) is 21.1. The van der Waals surface area contributed by atoms with E-state index in [1.165, 1.54) is 15.9 Å². The van der Waals surface area contributed by atoms with E-state index < -0.39 is 23.6 Å². The first-order valence-corrected chi connectivity index (χ1v) is 9.02. The zero-order chi connectivity index (χ0) is 20.4. The molecule has 27 heavy (non-hydrogen) atoms. The van der Waals surface area contributed by atoms with E-state index in [-0.39, 0.29) is 31.1 Å². The van der Waals surface area contributed by atoms with Gasteiger partial charge in [0.2, 0.25) is 5.91 Å². The average Bonchev–Trinajstić information content (AvgIpc) is 3.04. The predicted octanol–water partition coefficient (Wildman–Crippen LogP) is 3.32. The Morgan fingerprint density at radius 1 is 1.30 bits per heavy atom. The van der Waals surface area contributed by atoms with Crippen LogP contribution in [0.15, 0.2) is 24.3 Å². The number of amides is 3. The summed E-state index contributed by atoms with van der Waals surface area (Å²) in [7, 11) is 1.66. The monoisotopic (exact) mass is 385 g/mol. The van der Waals surface area contributed by atoms with Crippen LogP contribution in [0.4, 0.5) is 18.0 Å². The minimum absolute atomic E-state index is 0.0717. The van der Waals surface area contributed by atoms with E-state index in [1.807, 2.05) is 20.8 Å². The lowest BCUT2D eigenvalue weighted by atomic mass is 9.87. The molecule has 0 aromatic heterocycles. The normalized spacial score (nSPS) is 20.1. The van der Waals surface area contributed by atoms with Crippen LogP contribution in [0.25, 0.3) is 0 Å². The molecule has 0 aliphatic carbocycles. The minimum atomic E-state index is -4.46. The number of nitrogens with one attached hydrogen (secondary N) is 1. The molecule has 1 fully saturated rings. The Kier molecular flexibility index (Phi) is 6.38. The van der Waals surface area contributed by atoms with Crippen molar-refractivity contribution in [3.8, 4) is 0 Å². The van der Waals surface area contributed by atoms with Gasteiger partial charge in [-0.15, -0.1) is 0 Å². The summed E-state index contributed by atoms with van der Waals surface area (Å²) in [6.45, 7) is 6.35. The lowest BCUT2D eigenvalue weighted by Crippen LogP contribution is -2.42. The van der Waals surface area contributed by atoms with E-state index in [1.54, 1.807) is 13.1 Å². The number of hydrogen-bond donors (Lipinski definition) is 1. The van der Waals surface area contributed by atoms with Crippen molar-refractivity contribution in [2.24, 2.45) is 5.92 Å². The molecule has 0 saturated carbocycles. The highest BCUT2D eigenvalue weighted by molar-refractivity contribution is 5.83. The Labute approximate surface area is 157 Å². The van der Waals surface area contributed by atoms with Crippen LogP contribution in [0.1, 0.15) is 37.8 Å². The third kappa shape index (κ3) is 4.93. The van der Waals surface area contributed by atoms with Crippen LogP contribution in [-0.2, 0) is 11.0 Å². The maximum absolute atomic E-state index is 13.1. The Morgan fingerprint density at radius 2 is 1.96 bits per heavy atom. The van der Waals surface area contributed by atoms with Crippen molar-refractivity contribution >= 4 is 11.9 Å². The van der Waals surface area contributed by atoms with Gasteiger partial charge in [0, 0.05) is 38.6 Å². The first-order chi connectivity index (χ1) is 12.5. The van der Waals surface area contributed by atoms with E-state index >= 15 is 0 Å². The van der Waals surface area contributed by atoms with Crippen LogP contribution < -0.4 is 5.32 Å². The van der Waals surface area contributed by atoms with Crippen molar-refractivity contribution < 1.29 is 22.8 Å². The predicted molar refractivity (Wildman–Crippen MR) is 96.2 cm³/mol. The summed E-state index contributed by atoms with van der Waals surface area (Å²) in [4.78, 5) is 28.2. The summed E-state index contributed by atoms with van der Waals surface area (Å²) in [6, 6.07) is 4.65. The van der Waals surface area contributed by atoms with Gasteiger partial charge in [0.05, 0.1) is 11.5 Å². The molecule has 1 aliphatic heterocycles. The molecule has 3 amide bonds. The molecular weight excluding hydrogens is 359 g/mol. The smallest absolute Gasteiger partial charge is 0.346 e. The van der Waals surface area contributed by atoms with E-state index in [2.05, 4.69) is 5.32 Å². The number of alkyl halides is 3. The second-order valence-corrected chi connectivity index (χ2v) is 7.20. The number of nitrogens with zero attached hydrogens (tertiary/aromatic N) is 2. The van der Waals surface area contributed by atoms with Gasteiger partial charge in [0.25, 0.3) is 0 Å². The van der Waals surface area contributed by atoms with Crippen LogP contribution in [0.3, 0.4) is 0 Å². The highest BCUT2D eigenvalue weighted by Crippen LogP contribution is 2.37. The first-order valence-electron chi connectivity index (χ1n) is 9.02. The SMILES string of the molecule is CCN(C)C(=O)C1CN(C(=O)NC(C)C)CC1c1cccc(C(F)(F)F)c1.